The zero-order chi connectivity index (χ0) is 25.1. The van der Waals surface area contributed by atoms with Crippen LogP contribution in [-0.4, -0.2) is 37.5 Å². The van der Waals surface area contributed by atoms with E-state index >= 15 is 0 Å². The van der Waals surface area contributed by atoms with Gasteiger partial charge in [0.25, 0.3) is 0 Å². The van der Waals surface area contributed by atoms with Crippen molar-refractivity contribution in [3.8, 4) is 0 Å². The molecule has 0 aromatic heterocycles. The van der Waals surface area contributed by atoms with Crippen LogP contribution in [0, 0.1) is 0 Å². The van der Waals surface area contributed by atoms with E-state index in [1.165, 1.54) is 0 Å². The molecule has 0 atom stereocenters. The summed E-state index contributed by atoms with van der Waals surface area (Å²) in [6.45, 7) is -0.769. The molecule has 0 saturated heterocycles. The van der Waals surface area contributed by atoms with Crippen LogP contribution in [0.2, 0.25) is 0 Å². The molecule has 0 aliphatic rings. The maximum absolute atomic E-state index is 11.7. The summed E-state index contributed by atoms with van der Waals surface area (Å²) in [6, 6.07) is 17.0. The van der Waals surface area contributed by atoms with Crippen molar-refractivity contribution < 1.29 is 38.1 Å². The van der Waals surface area contributed by atoms with Crippen molar-refractivity contribution in [2.45, 2.75) is 57.8 Å². The van der Waals surface area contributed by atoms with E-state index in [-0.39, 0.29) is 38.4 Å². The molecule has 2 aromatic carbocycles. The molecule has 35 heavy (non-hydrogen) atoms. The highest BCUT2D eigenvalue weighted by molar-refractivity contribution is 5.89. The van der Waals surface area contributed by atoms with Crippen LogP contribution in [0.4, 0.5) is 0 Å². The van der Waals surface area contributed by atoms with Gasteiger partial charge in [0, 0.05) is 12.8 Å². The molecule has 2 rings (SSSR count). The van der Waals surface area contributed by atoms with Crippen LogP contribution in [-0.2, 0) is 28.5 Å². The van der Waals surface area contributed by atoms with E-state index in [0.717, 1.165) is 32.1 Å². The first-order valence-corrected chi connectivity index (χ1v) is 11.8. The molecule has 0 bridgehead atoms. The van der Waals surface area contributed by atoms with Gasteiger partial charge in [-0.05, 0) is 37.1 Å². The van der Waals surface area contributed by atoms with Gasteiger partial charge < -0.3 is 18.9 Å². The Morgan fingerprint density at radius 1 is 0.457 bits per heavy atom. The monoisotopic (exact) mass is 484 g/mol. The number of hydrogen-bond donors (Lipinski definition) is 0. The number of esters is 4. The maximum atomic E-state index is 11.7. The zero-order valence-electron chi connectivity index (χ0n) is 19.8. The summed E-state index contributed by atoms with van der Waals surface area (Å²) < 4.78 is 19.7. The highest BCUT2D eigenvalue weighted by Crippen LogP contribution is 2.11. The Kier molecular flexibility index (Phi) is 13.3. The third-order valence-corrected chi connectivity index (χ3v) is 5.10. The molecule has 0 saturated carbocycles. The largest absolute Gasteiger partial charge is 0.428 e. The first kappa shape index (κ1) is 27.6. The minimum atomic E-state index is -0.529. The van der Waals surface area contributed by atoms with Gasteiger partial charge in [0.05, 0.1) is 11.1 Å². The van der Waals surface area contributed by atoms with Crippen molar-refractivity contribution >= 4 is 23.9 Å². The zero-order valence-corrected chi connectivity index (χ0v) is 19.8. The highest BCUT2D eigenvalue weighted by atomic mass is 16.7. The third kappa shape index (κ3) is 12.4. The van der Waals surface area contributed by atoms with E-state index in [4.69, 9.17) is 18.9 Å². The molecular weight excluding hydrogens is 452 g/mol. The van der Waals surface area contributed by atoms with Crippen molar-refractivity contribution in [2.24, 2.45) is 0 Å². The van der Waals surface area contributed by atoms with Gasteiger partial charge in [0.2, 0.25) is 13.6 Å². The van der Waals surface area contributed by atoms with Crippen LogP contribution in [0.5, 0.6) is 0 Å². The Bertz CT molecular complexity index is 836. The van der Waals surface area contributed by atoms with E-state index < -0.39 is 11.9 Å². The Hall–Kier alpha value is -3.68. The lowest BCUT2D eigenvalue weighted by Crippen LogP contribution is -2.12. The van der Waals surface area contributed by atoms with Crippen molar-refractivity contribution in [1.82, 2.24) is 0 Å². The Morgan fingerprint density at radius 3 is 1.17 bits per heavy atom. The summed E-state index contributed by atoms with van der Waals surface area (Å²) in [6.07, 6.45) is 6.74. The van der Waals surface area contributed by atoms with Gasteiger partial charge in [-0.25, -0.2) is 9.59 Å². The lowest BCUT2D eigenvalue weighted by molar-refractivity contribution is -0.153. The van der Waals surface area contributed by atoms with Crippen LogP contribution in [0.1, 0.15) is 78.5 Å². The quantitative estimate of drug-likeness (QED) is 0.182. The Balaban J connectivity index is 1.36. The molecule has 0 aliphatic heterocycles. The first-order chi connectivity index (χ1) is 17.1. The number of carbonyl (C=O) groups excluding carboxylic acids is 4. The maximum Gasteiger partial charge on any atom is 0.340 e. The number of rotatable bonds is 16. The van der Waals surface area contributed by atoms with Crippen LogP contribution in [0.3, 0.4) is 0 Å². The molecule has 0 spiro atoms. The van der Waals surface area contributed by atoms with E-state index in [1.54, 1.807) is 60.7 Å². The molecule has 8 nitrogen and oxygen atoms in total. The van der Waals surface area contributed by atoms with Crippen LogP contribution in [0.25, 0.3) is 0 Å². The van der Waals surface area contributed by atoms with Gasteiger partial charge in [-0.2, -0.15) is 0 Å². The number of benzene rings is 2. The summed E-state index contributed by atoms with van der Waals surface area (Å²) in [5.74, 6) is -1.84. The second-order valence-electron chi connectivity index (χ2n) is 7.84. The average molecular weight is 485 g/mol. The van der Waals surface area contributed by atoms with Crippen molar-refractivity contribution in [3.63, 3.8) is 0 Å². The molecule has 0 heterocycles. The normalized spacial score (nSPS) is 10.3. The summed E-state index contributed by atoms with van der Waals surface area (Å²) in [5.41, 5.74) is 0.814. The average Bonchev–Trinajstić information content (AvgIpc) is 2.88. The molecule has 0 unspecified atom stereocenters. The topological polar surface area (TPSA) is 105 Å². The molecule has 0 amide bonds. The van der Waals surface area contributed by atoms with Gasteiger partial charge in [0.15, 0.2) is 0 Å². The second-order valence-corrected chi connectivity index (χ2v) is 7.84. The first-order valence-electron chi connectivity index (χ1n) is 11.8. The van der Waals surface area contributed by atoms with E-state index in [1.807, 2.05) is 0 Å². The number of unbranched alkanes of at least 4 members (excludes halogenated alkanes) is 6. The highest BCUT2D eigenvalue weighted by Gasteiger charge is 2.09. The van der Waals surface area contributed by atoms with Gasteiger partial charge >= 0.3 is 23.9 Å². The summed E-state index contributed by atoms with van der Waals surface area (Å²) in [7, 11) is 0. The Morgan fingerprint density at radius 2 is 0.800 bits per heavy atom. The van der Waals surface area contributed by atoms with E-state index in [2.05, 4.69) is 0 Å². The summed E-state index contributed by atoms with van der Waals surface area (Å²) in [5, 5.41) is 0. The van der Waals surface area contributed by atoms with E-state index in [9.17, 15) is 19.2 Å². The molecule has 188 valence electrons. The lowest BCUT2D eigenvalue weighted by atomic mass is 10.1. The molecule has 0 N–H and O–H groups in total. The van der Waals surface area contributed by atoms with Gasteiger partial charge in [0.1, 0.15) is 0 Å². The predicted molar refractivity (Wildman–Crippen MR) is 127 cm³/mol. The fraction of sp³-hybridized carbons (Fsp3) is 0.407. The molecule has 0 fully saturated rings. The second kappa shape index (κ2) is 16.9. The summed E-state index contributed by atoms with van der Waals surface area (Å²) in [4.78, 5) is 46.9. The van der Waals surface area contributed by atoms with Gasteiger partial charge in [-0.3, -0.25) is 9.59 Å². The minimum absolute atomic E-state index is 0.281. The minimum Gasteiger partial charge on any atom is -0.428 e. The SMILES string of the molecule is O=C(CCCCCCCCCC(=O)OCOC(=O)c1ccccc1)OCOC(=O)c1ccccc1. The van der Waals surface area contributed by atoms with Crippen LogP contribution < -0.4 is 0 Å². The Labute approximate surface area is 205 Å². The van der Waals surface area contributed by atoms with E-state index in [0.29, 0.717) is 24.0 Å². The van der Waals surface area contributed by atoms with Crippen LogP contribution in [0.15, 0.2) is 60.7 Å². The van der Waals surface area contributed by atoms with Crippen molar-refractivity contribution in [3.05, 3.63) is 71.8 Å². The fourth-order valence-electron chi connectivity index (χ4n) is 3.18. The molecular formula is C27H32O8. The van der Waals surface area contributed by atoms with Crippen LogP contribution >= 0.6 is 0 Å². The molecule has 0 aliphatic carbocycles. The lowest BCUT2D eigenvalue weighted by Gasteiger charge is -2.07. The predicted octanol–water partition coefficient (Wildman–Crippen LogP) is 5.21. The van der Waals surface area contributed by atoms with Gasteiger partial charge in [-0.15, -0.1) is 0 Å². The molecule has 2 aromatic rings. The number of hydrogen-bond acceptors (Lipinski definition) is 8. The summed E-state index contributed by atoms with van der Waals surface area (Å²) >= 11 is 0. The number of carbonyl (C=O) groups is 4. The third-order valence-electron chi connectivity index (χ3n) is 5.10. The number of ether oxygens (including phenoxy) is 4. The van der Waals surface area contributed by atoms with Gasteiger partial charge in [-0.1, -0.05) is 68.5 Å². The standard InChI is InChI=1S/C27H32O8/c28-24(32-20-34-26(30)22-14-8-6-9-15-22)18-12-4-2-1-3-5-13-19-25(29)33-21-35-27(31)23-16-10-7-11-17-23/h6-11,14-17H,1-5,12-13,18-21H2. The molecule has 0 radical (unpaired) electrons. The smallest absolute Gasteiger partial charge is 0.340 e. The molecule has 8 heteroatoms. The van der Waals surface area contributed by atoms with Crippen molar-refractivity contribution in [2.75, 3.05) is 13.6 Å². The fourth-order valence-corrected chi connectivity index (χ4v) is 3.18. The van der Waals surface area contributed by atoms with Crippen molar-refractivity contribution in [1.29, 1.82) is 0 Å².